The van der Waals surface area contributed by atoms with E-state index in [2.05, 4.69) is 0 Å². The number of halogens is 1. The lowest BCUT2D eigenvalue weighted by Gasteiger charge is -2.37. The molecule has 1 aliphatic rings. The molecule has 5 nitrogen and oxygen atoms in total. The Kier molecular flexibility index (Phi) is 5.45. The Hall–Kier alpha value is -1.13. The summed E-state index contributed by atoms with van der Waals surface area (Å²) in [6.45, 7) is 2.17. The van der Waals surface area contributed by atoms with Gasteiger partial charge >= 0.3 is 0 Å². The molecule has 1 heterocycles. The number of hydrogen-bond acceptors (Lipinski definition) is 4. The van der Waals surface area contributed by atoms with Gasteiger partial charge in [-0.3, -0.25) is 0 Å². The molecule has 1 fully saturated rings. The molecule has 1 aromatic carbocycles. The highest BCUT2D eigenvalue weighted by atomic mass is 35.5. The van der Waals surface area contributed by atoms with Gasteiger partial charge in [0.2, 0.25) is 10.0 Å². The van der Waals surface area contributed by atoms with Crippen molar-refractivity contribution in [2.24, 2.45) is 0 Å². The quantitative estimate of drug-likeness (QED) is 0.911. The van der Waals surface area contributed by atoms with Gasteiger partial charge in [0.05, 0.1) is 17.7 Å². The highest BCUT2D eigenvalue weighted by Crippen LogP contribution is 2.30. The van der Waals surface area contributed by atoms with Crippen LogP contribution in [0.15, 0.2) is 23.1 Å². The first-order valence-corrected chi connectivity index (χ1v) is 9.13. The number of piperidine rings is 1. The molecule has 1 N–H and O–H groups in total. The van der Waals surface area contributed by atoms with Crippen molar-refractivity contribution >= 4 is 21.6 Å². The van der Waals surface area contributed by atoms with Gasteiger partial charge in [0.15, 0.2) is 0 Å². The van der Waals surface area contributed by atoms with E-state index in [9.17, 15) is 13.5 Å². The van der Waals surface area contributed by atoms with Gasteiger partial charge in [0, 0.05) is 11.6 Å². The van der Waals surface area contributed by atoms with Crippen molar-refractivity contribution in [2.45, 2.75) is 49.6 Å². The van der Waals surface area contributed by atoms with Crippen molar-refractivity contribution in [3.63, 3.8) is 0 Å². The second-order valence-corrected chi connectivity index (χ2v) is 7.70. The first-order chi connectivity index (χ1) is 10.4. The summed E-state index contributed by atoms with van der Waals surface area (Å²) in [5, 5.41) is 19.6. The van der Waals surface area contributed by atoms with E-state index in [1.54, 1.807) is 0 Å². The maximum atomic E-state index is 13.0. The molecule has 120 valence electrons. The molecule has 0 bridgehead atoms. The zero-order valence-electron chi connectivity index (χ0n) is 12.4. The lowest BCUT2D eigenvalue weighted by molar-refractivity contribution is 0.0667. The Morgan fingerprint density at radius 2 is 2.23 bits per heavy atom. The van der Waals surface area contributed by atoms with Crippen molar-refractivity contribution < 1.29 is 13.5 Å². The van der Waals surface area contributed by atoms with Crippen LogP contribution in [0.2, 0.25) is 5.02 Å². The first-order valence-electron chi connectivity index (χ1n) is 7.31. The molecule has 1 aliphatic heterocycles. The lowest BCUT2D eigenvalue weighted by Crippen LogP contribution is -2.49. The minimum Gasteiger partial charge on any atom is -0.391 e. The SMILES string of the molecule is CC[C@@H](O)[C@@H]1CCCCN1S(=O)(=O)c1cc(Cl)ccc1C#N. The van der Waals surface area contributed by atoms with Crippen LogP contribution < -0.4 is 0 Å². The van der Waals surface area contributed by atoms with E-state index in [0.29, 0.717) is 19.4 Å². The van der Waals surface area contributed by atoms with Crippen molar-refractivity contribution in [1.29, 1.82) is 5.26 Å². The summed E-state index contributed by atoms with van der Waals surface area (Å²) in [5.41, 5.74) is 0.0692. The Bertz CT molecular complexity index is 685. The Morgan fingerprint density at radius 1 is 1.50 bits per heavy atom. The zero-order valence-corrected chi connectivity index (χ0v) is 13.9. The van der Waals surface area contributed by atoms with Gasteiger partial charge in [-0.1, -0.05) is 24.9 Å². The number of rotatable bonds is 4. The van der Waals surface area contributed by atoms with Crippen molar-refractivity contribution in [3.8, 4) is 6.07 Å². The fourth-order valence-electron chi connectivity index (χ4n) is 2.81. The molecule has 2 rings (SSSR count). The third-order valence-corrected chi connectivity index (χ3v) is 6.21. The molecule has 2 atom stereocenters. The largest absolute Gasteiger partial charge is 0.391 e. The topological polar surface area (TPSA) is 81.4 Å². The predicted octanol–water partition coefficient (Wildman–Crippen LogP) is 2.53. The predicted molar refractivity (Wildman–Crippen MR) is 84.0 cm³/mol. The van der Waals surface area contributed by atoms with Gasteiger partial charge in [0.25, 0.3) is 0 Å². The molecule has 0 amide bonds. The van der Waals surface area contributed by atoms with Crippen LogP contribution in [-0.4, -0.2) is 36.5 Å². The molecule has 22 heavy (non-hydrogen) atoms. The highest BCUT2D eigenvalue weighted by molar-refractivity contribution is 7.89. The van der Waals surface area contributed by atoms with E-state index in [-0.39, 0.29) is 15.5 Å². The van der Waals surface area contributed by atoms with Crippen LogP contribution in [0.3, 0.4) is 0 Å². The minimum atomic E-state index is -3.87. The maximum Gasteiger partial charge on any atom is 0.244 e. The fraction of sp³-hybridized carbons (Fsp3) is 0.533. The van der Waals surface area contributed by atoms with Gasteiger partial charge in [-0.25, -0.2) is 8.42 Å². The zero-order chi connectivity index (χ0) is 16.3. The Labute approximate surface area is 136 Å². The minimum absolute atomic E-state index is 0.0692. The summed E-state index contributed by atoms with van der Waals surface area (Å²) in [7, 11) is -3.87. The second kappa shape index (κ2) is 6.97. The molecule has 0 saturated carbocycles. The summed E-state index contributed by atoms with van der Waals surface area (Å²) in [6, 6.07) is 5.66. The van der Waals surface area contributed by atoms with E-state index in [1.807, 2.05) is 13.0 Å². The van der Waals surface area contributed by atoms with Crippen LogP contribution in [0.1, 0.15) is 38.2 Å². The molecule has 1 aromatic rings. The number of hydrogen-bond donors (Lipinski definition) is 1. The fourth-order valence-corrected chi connectivity index (χ4v) is 4.94. The van der Waals surface area contributed by atoms with Gasteiger partial charge in [-0.15, -0.1) is 0 Å². The molecular formula is C15H19ClN2O3S. The average molecular weight is 343 g/mol. The first kappa shape index (κ1) is 17.2. The molecule has 1 saturated heterocycles. The van der Waals surface area contributed by atoms with Gasteiger partial charge in [-0.05, 0) is 37.5 Å². The van der Waals surface area contributed by atoms with Gasteiger partial charge in [0.1, 0.15) is 11.0 Å². The van der Waals surface area contributed by atoms with Crippen LogP contribution >= 0.6 is 11.6 Å². The molecule has 0 spiro atoms. The third kappa shape index (κ3) is 3.28. The number of sulfonamides is 1. The molecule has 0 aliphatic carbocycles. The summed E-state index contributed by atoms with van der Waals surface area (Å²) in [4.78, 5) is -0.0855. The molecule has 7 heteroatoms. The molecule has 0 radical (unpaired) electrons. The monoisotopic (exact) mass is 342 g/mol. The summed E-state index contributed by atoms with van der Waals surface area (Å²) < 4.78 is 27.2. The normalized spacial score (nSPS) is 21.3. The number of nitrogens with zero attached hydrogens (tertiary/aromatic N) is 2. The Balaban J connectivity index is 2.49. The number of aliphatic hydroxyl groups excluding tert-OH is 1. The maximum absolute atomic E-state index is 13.0. The highest BCUT2D eigenvalue weighted by Gasteiger charge is 2.37. The Morgan fingerprint density at radius 3 is 2.86 bits per heavy atom. The average Bonchev–Trinajstić information content (AvgIpc) is 2.54. The van der Waals surface area contributed by atoms with Crippen LogP contribution in [0, 0.1) is 11.3 Å². The number of benzene rings is 1. The molecule has 0 aromatic heterocycles. The van der Waals surface area contributed by atoms with Crippen LogP contribution in [0.5, 0.6) is 0 Å². The van der Waals surface area contributed by atoms with Crippen molar-refractivity contribution in [2.75, 3.05) is 6.54 Å². The van der Waals surface area contributed by atoms with Crippen molar-refractivity contribution in [1.82, 2.24) is 4.31 Å². The summed E-state index contributed by atoms with van der Waals surface area (Å²) >= 11 is 5.90. The van der Waals surface area contributed by atoms with Crippen LogP contribution in [-0.2, 0) is 10.0 Å². The number of aliphatic hydroxyl groups is 1. The van der Waals surface area contributed by atoms with E-state index in [1.165, 1.54) is 22.5 Å². The van der Waals surface area contributed by atoms with Crippen LogP contribution in [0.4, 0.5) is 0 Å². The molecular weight excluding hydrogens is 324 g/mol. The summed E-state index contributed by atoms with van der Waals surface area (Å²) in [5.74, 6) is 0. The van der Waals surface area contributed by atoms with E-state index in [4.69, 9.17) is 16.9 Å². The number of nitriles is 1. The van der Waals surface area contributed by atoms with E-state index >= 15 is 0 Å². The second-order valence-electron chi connectivity index (χ2n) is 5.41. The molecule has 0 unspecified atom stereocenters. The van der Waals surface area contributed by atoms with Gasteiger partial charge in [-0.2, -0.15) is 9.57 Å². The van der Waals surface area contributed by atoms with Crippen LogP contribution in [0.25, 0.3) is 0 Å². The van der Waals surface area contributed by atoms with Crippen molar-refractivity contribution in [3.05, 3.63) is 28.8 Å². The van der Waals surface area contributed by atoms with E-state index < -0.39 is 22.2 Å². The van der Waals surface area contributed by atoms with E-state index in [0.717, 1.165) is 12.8 Å². The lowest BCUT2D eigenvalue weighted by atomic mass is 9.98. The smallest absolute Gasteiger partial charge is 0.244 e. The standard InChI is InChI=1S/C15H19ClN2O3S/c1-2-14(19)13-5-3-4-8-18(13)22(20,21)15-9-12(16)7-6-11(15)10-17/h6-7,9,13-14,19H,2-5,8H2,1H3/t13-,14+/m0/s1. The third-order valence-electron chi connectivity index (χ3n) is 4.01. The van der Waals surface area contributed by atoms with Gasteiger partial charge < -0.3 is 5.11 Å². The summed E-state index contributed by atoms with van der Waals surface area (Å²) in [6.07, 6.45) is 2.02.